The topological polar surface area (TPSA) is 90.6 Å². The summed E-state index contributed by atoms with van der Waals surface area (Å²) in [5.41, 5.74) is 1.14. The summed E-state index contributed by atoms with van der Waals surface area (Å²) < 4.78 is 12.0. The van der Waals surface area contributed by atoms with Gasteiger partial charge in [-0.3, -0.25) is 4.79 Å². The van der Waals surface area contributed by atoms with Crippen LogP contribution < -0.4 is 14.8 Å². The van der Waals surface area contributed by atoms with Crippen molar-refractivity contribution in [2.75, 3.05) is 19.5 Å². The fourth-order valence-electron chi connectivity index (χ4n) is 2.85. The summed E-state index contributed by atoms with van der Waals surface area (Å²) in [6.45, 7) is 0. The second-order valence-electron chi connectivity index (χ2n) is 5.91. The summed E-state index contributed by atoms with van der Waals surface area (Å²) in [5, 5.41) is 17.3. The Labute approximate surface area is 160 Å². The first-order chi connectivity index (χ1) is 13.7. The van der Waals surface area contributed by atoms with E-state index in [-0.39, 0.29) is 5.91 Å². The molecule has 2 aromatic heterocycles. The number of amides is 1. The van der Waals surface area contributed by atoms with Crippen molar-refractivity contribution in [1.82, 2.24) is 19.8 Å². The van der Waals surface area contributed by atoms with Crippen LogP contribution in [0.2, 0.25) is 0 Å². The van der Waals surface area contributed by atoms with Gasteiger partial charge in [0.25, 0.3) is 0 Å². The van der Waals surface area contributed by atoms with Gasteiger partial charge in [-0.2, -0.15) is 9.61 Å². The molecule has 0 aliphatic carbocycles. The van der Waals surface area contributed by atoms with E-state index < -0.39 is 0 Å². The van der Waals surface area contributed by atoms with Crippen molar-refractivity contribution >= 4 is 34.1 Å². The van der Waals surface area contributed by atoms with Crippen LogP contribution >= 0.6 is 0 Å². The molecule has 0 unspecified atom stereocenters. The van der Waals surface area contributed by atoms with Gasteiger partial charge in [0.05, 0.1) is 26.1 Å². The number of hydrogen-bond donors (Lipinski definition) is 1. The summed E-state index contributed by atoms with van der Waals surface area (Å²) in [5.74, 6) is 1.25. The zero-order chi connectivity index (χ0) is 19.5. The quantitative estimate of drug-likeness (QED) is 0.540. The average Bonchev–Trinajstić information content (AvgIpc) is 3.15. The second kappa shape index (κ2) is 7.36. The smallest absolute Gasteiger partial charge is 0.248 e. The highest BCUT2D eigenvalue weighted by atomic mass is 16.5. The minimum Gasteiger partial charge on any atom is -0.497 e. The number of carbonyl (C=O) groups is 1. The number of nitrogens with zero attached hydrogens (tertiary/aromatic N) is 4. The van der Waals surface area contributed by atoms with Gasteiger partial charge in [0.1, 0.15) is 11.5 Å². The first-order valence-corrected chi connectivity index (χ1v) is 8.50. The lowest BCUT2D eigenvalue weighted by Gasteiger charge is -2.10. The van der Waals surface area contributed by atoms with Gasteiger partial charge in [0.15, 0.2) is 11.5 Å². The van der Waals surface area contributed by atoms with Crippen LogP contribution in [0.15, 0.2) is 54.7 Å². The third-order valence-electron chi connectivity index (χ3n) is 4.23. The third kappa shape index (κ3) is 3.23. The molecular weight excluding hydrogens is 358 g/mol. The Hall–Kier alpha value is -3.94. The van der Waals surface area contributed by atoms with E-state index in [4.69, 9.17) is 9.47 Å². The van der Waals surface area contributed by atoms with Gasteiger partial charge in [-0.15, -0.1) is 10.2 Å². The molecule has 0 aliphatic heterocycles. The van der Waals surface area contributed by atoms with Gasteiger partial charge in [0, 0.05) is 22.9 Å². The molecule has 0 bridgehead atoms. The highest BCUT2D eigenvalue weighted by molar-refractivity contribution is 6.02. The fraction of sp³-hybridized carbons (Fsp3) is 0.100. The van der Waals surface area contributed by atoms with Gasteiger partial charge in [-0.25, -0.2) is 0 Å². The molecule has 1 N–H and O–H groups in total. The van der Waals surface area contributed by atoms with Crippen molar-refractivity contribution in [3.8, 4) is 11.5 Å². The third-order valence-corrected chi connectivity index (χ3v) is 4.23. The summed E-state index contributed by atoms with van der Waals surface area (Å²) in [4.78, 5) is 12.4. The molecule has 8 nitrogen and oxygen atoms in total. The molecule has 2 heterocycles. The van der Waals surface area contributed by atoms with Crippen molar-refractivity contribution in [2.24, 2.45) is 0 Å². The molecule has 0 fully saturated rings. The van der Waals surface area contributed by atoms with E-state index in [1.54, 1.807) is 42.1 Å². The van der Waals surface area contributed by atoms with Gasteiger partial charge < -0.3 is 14.8 Å². The summed E-state index contributed by atoms with van der Waals surface area (Å²) in [6, 6.07) is 12.9. The maximum absolute atomic E-state index is 12.4. The van der Waals surface area contributed by atoms with Crippen LogP contribution in [0.3, 0.4) is 0 Å². The molecule has 28 heavy (non-hydrogen) atoms. The number of nitrogens with one attached hydrogen (secondary N) is 1. The Balaban J connectivity index is 1.59. The zero-order valence-electron chi connectivity index (χ0n) is 15.3. The zero-order valence-corrected chi connectivity index (χ0v) is 15.3. The molecule has 0 saturated heterocycles. The predicted octanol–water partition coefficient (Wildman–Crippen LogP) is 2.95. The van der Waals surface area contributed by atoms with Gasteiger partial charge in [-0.05, 0) is 18.2 Å². The lowest BCUT2D eigenvalue weighted by Crippen LogP contribution is -2.09. The SMILES string of the molecule is COc1ccc(OC)c(NC(=O)C=Cc2nnc3c4ccccc4cnn23)c1. The van der Waals surface area contributed by atoms with Crippen molar-refractivity contribution in [3.63, 3.8) is 0 Å². The fourth-order valence-corrected chi connectivity index (χ4v) is 2.85. The van der Waals surface area contributed by atoms with Crippen LogP contribution in [0.5, 0.6) is 11.5 Å². The average molecular weight is 375 g/mol. The maximum atomic E-state index is 12.4. The normalized spacial score (nSPS) is 11.2. The minimum atomic E-state index is -0.343. The summed E-state index contributed by atoms with van der Waals surface area (Å²) >= 11 is 0. The van der Waals surface area contributed by atoms with E-state index in [1.165, 1.54) is 13.2 Å². The number of methoxy groups -OCH3 is 2. The lowest BCUT2D eigenvalue weighted by molar-refractivity contribution is -0.111. The molecule has 140 valence electrons. The largest absolute Gasteiger partial charge is 0.497 e. The Kier molecular flexibility index (Phi) is 4.59. The number of rotatable bonds is 5. The van der Waals surface area contributed by atoms with E-state index in [2.05, 4.69) is 20.6 Å². The number of benzene rings is 2. The van der Waals surface area contributed by atoms with Gasteiger partial charge in [-0.1, -0.05) is 24.3 Å². The standard InChI is InChI=1S/C20H17N5O3/c1-27-14-7-8-17(28-2)16(11-14)22-19(26)10-9-18-23-24-20-15-6-4-3-5-13(15)12-21-25(18)20/h3-12H,1-2H3,(H,22,26). The molecule has 0 radical (unpaired) electrons. The van der Waals surface area contributed by atoms with E-state index in [9.17, 15) is 4.79 Å². The van der Waals surface area contributed by atoms with Crippen molar-refractivity contribution in [2.45, 2.75) is 0 Å². The number of hydrogen-bond acceptors (Lipinski definition) is 6. The first-order valence-electron chi connectivity index (χ1n) is 8.50. The Bertz CT molecular complexity index is 1200. The number of anilines is 1. The van der Waals surface area contributed by atoms with Crippen LogP contribution in [0.4, 0.5) is 5.69 Å². The van der Waals surface area contributed by atoms with Crippen LogP contribution in [0.1, 0.15) is 5.82 Å². The van der Waals surface area contributed by atoms with Crippen LogP contribution in [-0.2, 0) is 4.79 Å². The van der Waals surface area contributed by atoms with E-state index in [0.29, 0.717) is 28.7 Å². The molecule has 0 atom stereocenters. The van der Waals surface area contributed by atoms with Crippen molar-refractivity contribution < 1.29 is 14.3 Å². The molecule has 0 spiro atoms. The molecule has 2 aromatic carbocycles. The second-order valence-corrected chi connectivity index (χ2v) is 5.91. The summed E-state index contributed by atoms with van der Waals surface area (Å²) in [7, 11) is 3.09. The van der Waals surface area contributed by atoms with Crippen LogP contribution in [0, 0.1) is 0 Å². The van der Waals surface area contributed by atoms with Gasteiger partial charge >= 0.3 is 0 Å². The number of carbonyl (C=O) groups excluding carboxylic acids is 1. The number of aromatic nitrogens is 4. The first kappa shape index (κ1) is 17.5. The molecule has 4 aromatic rings. The Morgan fingerprint density at radius 1 is 1.11 bits per heavy atom. The van der Waals surface area contributed by atoms with E-state index >= 15 is 0 Å². The Morgan fingerprint density at radius 3 is 2.79 bits per heavy atom. The van der Waals surface area contributed by atoms with Crippen LogP contribution in [0.25, 0.3) is 22.5 Å². The van der Waals surface area contributed by atoms with Crippen molar-refractivity contribution in [1.29, 1.82) is 0 Å². The molecule has 0 aliphatic rings. The maximum Gasteiger partial charge on any atom is 0.248 e. The Morgan fingerprint density at radius 2 is 1.96 bits per heavy atom. The molecular formula is C20H17N5O3. The molecule has 1 amide bonds. The lowest BCUT2D eigenvalue weighted by atomic mass is 10.2. The van der Waals surface area contributed by atoms with E-state index in [1.807, 2.05) is 24.3 Å². The predicted molar refractivity (Wildman–Crippen MR) is 105 cm³/mol. The number of fused-ring (bicyclic) bond motifs is 3. The molecule has 8 heteroatoms. The molecule has 4 rings (SSSR count). The molecule has 0 saturated carbocycles. The summed E-state index contributed by atoms with van der Waals surface area (Å²) in [6.07, 6.45) is 4.67. The highest BCUT2D eigenvalue weighted by Gasteiger charge is 2.10. The van der Waals surface area contributed by atoms with Gasteiger partial charge in [0.2, 0.25) is 5.91 Å². The monoisotopic (exact) mass is 375 g/mol. The van der Waals surface area contributed by atoms with Crippen molar-refractivity contribution in [3.05, 3.63) is 60.6 Å². The highest BCUT2D eigenvalue weighted by Crippen LogP contribution is 2.28. The van der Waals surface area contributed by atoms with E-state index in [0.717, 1.165) is 10.8 Å². The minimum absolute atomic E-state index is 0.343. The number of ether oxygens (including phenoxy) is 2. The van der Waals surface area contributed by atoms with Crippen LogP contribution in [-0.4, -0.2) is 39.9 Å².